The molecule has 0 saturated carbocycles. The van der Waals surface area contributed by atoms with Gasteiger partial charge in [0.25, 0.3) is 11.8 Å². The zero-order valence-corrected chi connectivity index (χ0v) is 17.6. The van der Waals surface area contributed by atoms with Gasteiger partial charge in [0.15, 0.2) is 18.1 Å². The Kier molecular flexibility index (Phi) is 7.48. The van der Waals surface area contributed by atoms with Gasteiger partial charge in [0.05, 0.1) is 11.3 Å². The lowest BCUT2D eigenvalue weighted by Gasteiger charge is -2.12. The van der Waals surface area contributed by atoms with Crippen LogP contribution in [0, 0.1) is 5.92 Å². The van der Waals surface area contributed by atoms with Crippen molar-refractivity contribution in [1.82, 2.24) is 5.32 Å². The first-order valence-electron chi connectivity index (χ1n) is 10.1. The van der Waals surface area contributed by atoms with E-state index in [0.29, 0.717) is 41.6 Å². The summed E-state index contributed by atoms with van der Waals surface area (Å²) in [6.45, 7) is 4.28. The fourth-order valence-corrected chi connectivity index (χ4v) is 2.93. The molecule has 1 aliphatic heterocycles. The van der Waals surface area contributed by atoms with E-state index >= 15 is 0 Å². The molecule has 0 aromatic heterocycles. The van der Waals surface area contributed by atoms with Crippen molar-refractivity contribution in [2.45, 2.75) is 26.7 Å². The van der Waals surface area contributed by atoms with Gasteiger partial charge in [-0.15, -0.1) is 0 Å². The summed E-state index contributed by atoms with van der Waals surface area (Å²) in [4.78, 5) is 36.6. The molecule has 8 nitrogen and oxygen atoms in total. The van der Waals surface area contributed by atoms with Crippen molar-refractivity contribution in [2.24, 2.45) is 5.92 Å². The number of benzene rings is 2. The van der Waals surface area contributed by atoms with Crippen molar-refractivity contribution in [3.63, 3.8) is 0 Å². The van der Waals surface area contributed by atoms with Gasteiger partial charge in [-0.2, -0.15) is 0 Å². The fourth-order valence-electron chi connectivity index (χ4n) is 2.93. The highest BCUT2D eigenvalue weighted by molar-refractivity contribution is 6.04. The van der Waals surface area contributed by atoms with E-state index in [2.05, 4.69) is 10.6 Å². The number of para-hydroxylation sites is 1. The number of rotatable bonds is 9. The first-order chi connectivity index (χ1) is 14.9. The van der Waals surface area contributed by atoms with Crippen LogP contribution in [0.4, 0.5) is 5.69 Å². The number of esters is 1. The molecule has 2 aromatic rings. The molecule has 0 atom stereocenters. The van der Waals surface area contributed by atoms with Crippen LogP contribution < -0.4 is 20.1 Å². The van der Waals surface area contributed by atoms with E-state index in [9.17, 15) is 14.4 Å². The van der Waals surface area contributed by atoms with Gasteiger partial charge in [-0.1, -0.05) is 32.0 Å². The second kappa shape index (κ2) is 10.5. The number of hydrogen-bond donors (Lipinski definition) is 2. The maximum absolute atomic E-state index is 12.3. The van der Waals surface area contributed by atoms with Gasteiger partial charge in [-0.05, 0) is 42.2 Å². The zero-order chi connectivity index (χ0) is 22.2. The lowest BCUT2D eigenvalue weighted by molar-refractivity contribution is -0.147. The molecule has 0 radical (unpaired) electrons. The largest absolute Gasteiger partial charge is 0.456 e. The minimum atomic E-state index is -0.513. The van der Waals surface area contributed by atoms with E-state index in [1.54, 1.807) is 30.3 Å². The molecule has 2 amide bonds. The van der Waals surface area contributed by atoms with Crippen LogP contribution in [0.3, 0.4) is 0 Å². The van der Waals surface area contributed by atoms with Crippen molar-refractivity contribution in [3.05, 3.63) is 53.6 Å². The summed E-state index contributed by atoms with van der Waals surface area (Å²) >= 11 is 0. The van der Waals surface area contributed by atoms with Crippen molar-refractivity contribution in [2.75, 3.05) is 25.3 Å². The van der Waals surface area contributed by atoms with E-state index in [1.165, 1.54) is 0 Å². The molecule has 2 N–H and O–H groups in total. The lowest BCUT2D eigenvalue weighted by Crippen LogP contribution is -2.29. The van der Waals surface area contributed by atoms with Crippen LogP contribution in [-0.4, -0.2) is 37.7 Å². The normalized spacial score (nSPS) is 11.8. The number of aryl methyl sites for hydroxylation is 1. The highest BCUT2D eigenvalue weighted by Gasteiger charge is 2.16. The summed E-state index contributed by atoms with van der Waals surface area (Å²) in [6.07, 6.45) is 0.580. The molecule has 31 heavy (non-hydrogen) atoms. The number of hydrogen-bond acceptors (Lipinski definition) is 6. The molecule has 0 unspecified atom stereocenters. The molecule has 0 spiro atoms. The third-order valence-corrected chi connectivity index (χ3v) is 4.54. The van der Waals surface area contributed by atoms with Crippen LogP contribution >= 0.6 is 0 Å². The van der Waals surface area contributed by atoms with Crippen LogP contribution in [0.25, 0.3) is 0 Å². The number of carbonyl (C=O) groups excluding carboxylic acids is 3. The maximum atomic E-state index is 12.3. The van der Waals surface area contributed by atoms with Gasteiger partial charge in [-0.25, -0.2) is 0 Å². The van der Waals surface area contributed by atoms with Crippen molar-refractivity contribution in [3.8, 4) is 11.5 Å². The summed E-state index contributed by atoms with van der Waals surface area (Å²) in [6, 6.07) is 12.2. The third kappa shape index (κ3) is 6.47. The number of fused-ring (bicyclic) bond motifs is 1. The molecule has 0 fully saturated rings. The van der Waals surface area contributed by atoms with E-state index in [0.717, 1.165) is 5.56 Å². The van der Waals surface area contributed by atoms with Crippen molar-refractivity contribution in [1.29, 1.82) is 0 Å². The summed E-state index contributed by atoms with van der Waals surface area (Å²) in [5.41, 5.74) is 1.63. The molecule has 164 valence electrons. The van der Waals surface area contributed by atoms with Crippen LogP contribution in [0.1, 0.15) is 36.2 Å². The average molecular weight is 426 g/mol. The molecule has 0 bridgehead atoms. The Morgan fingerprint density at radius 3 is 2.65 bits per heavy atom. The summed E-state index contributed by atoms with van der Waals surface area (Å²) in [5, 5.41) is 5.45. The van der Waals surface area contributed by atoms with Crippen LogP contribution in [0.5, 0.6) is 11.5 Å². The molecule has 0 aliphatic carbocycles. The molecule has 0 saturated heterocycles. The van der Waals surface area contributed by atoms with Gasteiger partial charge in [0.1, 0.15) is 0 Å². The van der Waals surface area contributed by atoms with Crippen molar-refractivity contribution >= 4 is 23.5 Å². The Bertz CT molecular complexity index is 957. The smallest absolute Gasteiger partial charge is 0.306 e. The maximum Gasteiger partial charge on any atom is 0.306 e. The third-order valence-electron chi connectivity index (χ3n) is 4.54. The molecule has 3 rings (SSSR count). The Hall–Kier alpha value is -3.55. The van der Waals surface area contributed by atoms with Gasteiger partial charge in [-0.3, -0.25) is 14.4 Å². The molecule has 1 heterocycles. The predicted octanol–water partition coefficient (Wildman–Crippen LogP) is 2.92. The second-order valence-electron chi connectivity index (χ2n) is 7.55. The number of carbonyl (C=O) groups is 3. The van der Waals surface area contributed by atoms with Gasteiger partial charge in [0, 0.05) is 13.0 Å². The Morgan fingerprint density at radius 2 is 1.84 bits per heavy atom. The Balaban J connectivity index is 1.45. The van der Waals surface area contributed by atoms with E-state index in [-0.39, 0.29) is 19.1 Å². The minimum absolute atomic E-state index is 0.126. The predicted molar refractivity (Wildman–Crippen MR) is 114 cm³/mol. The Labute approximate surface area is 180 Å². The minimum Gasteiger partial charge on any atom is -0.456 e. The van der Waals surface area contributed by atoms with Crippen LogP contribution in [-0.2, 0) is 20.7 Å². The monoisotopic (exact) mass is 426 g/mol. The van der Waals surface area contributed by atoms with E-state index < -0.39 is 18.5 Å². The van der Waals surface area contributed by atoms with Crippen LogP contribution in [0.15, 0.2) is 42.5 Å². The van der Waals surface area contributed by atoms with Gasteiger partial charge >= 0.3 is 5.97 Å². The van der Waals surface area contributed by atoms with E-state index in [4.69, 9.17) is 14.2 Å². The molecule has 2 aromatic carbocycles. The number of anilines is 1. The molecule has 1 aliphatic rings. The number of ether oxygens (including phenoxy) is 3. The molecule has 8 heteroatoms. The summed E-state index contributed by atoms with van der Waals surface area (Å²) in [7, 11) is 0. The highest BCUT2D eigenvalue weighted by atomic mass is 16.7. The van der Waals surface area contributed by atoms with Crippen molar-refractivity contribution < 1.29 is 28.6 Å². The summed E-state index contributed by atoms with van der Waals surface area (Å²) in [5.74, 6) is 0.368. The number of amides is 2. The highest BCUT2D eigenvalue weighted by Crippen LogP contribution is 2.32. The first kappa shape index (κ1) is 22.1. The van der Waals surface area contributed by atoms with Gasteiger partial charge < -0.3 is 24.8 Å². The Morgan fingerprint density at radius 1 is 1.06 bits per heavy atom. The quantitative estimate of drug-likeness (QED) is 0.598. The number of nitrogens with one attached hydrogen (secondary N) is 2. The summed E-state index contributed by atoms with van der Waals surface area (Å²) < 4.78 is 15.6. The lowest BCUT2D eigenvalue weighted by atomic mass is 10.1. The fraction of sp³-hybridized carbons (Fsp3) is 0.348. The standard InChI is InChI=1S/C23H26N2O6/c1-15(2)12-24-23(28)17-5-3-4-6-18(17)25-21(26)13-29-22(27)10-8-16-7-9-19-20(11-16)31-14-30-19/h3-7,9,11,15H,8,10,12-14H2,1-2H3,(H,24,28)(H,25,26). The zero-order valence-electron chi connectivity index (χ0n) is 17.6. The average Bonchev–Trinajstić information content (AvgIpc) is 3.23. The first-order valence-corrected chi connectivity index (χ1v) is 10.1. The van der Waals surface area contributed by atoms with E-state index in [1.807, 2.05) is 26.0 Å². The van der Waals surface area contributed by atoms with Gasteiger partial charge in [0.2, 0.25) is 6.79 Å². The SMILES string of the molecule is CC(C)CNC(=O)c1ccccc1NC(=O)COC(=O)CCc1ccc2c(c1)OCO2. The molecular weight excluding hydrogens is 400 g/mol. The second-order valence-corrected chi connectivity index (χ2v) is 7.55. The molecular formula is C23H26N2O6. The topological polar surface area (TPSA) is 103 Å². The van der Waals surface area contributed by atoms with Crippen LogP contribution in [0.2, 0.25) is 0 Å².